The summed E-state index contributed by atoms with van der Waals surface area (Å²) in [5, 5.41) is 8.23. The van der Waals surface area contributed by atoms with E-state index in [1.54, 1.807) is 0 Å². The second-order valence-electron chi connectivity index (χ2n) is 7.73. The molecular formula is C20H32N6. The first kappa shape index (κ1) is 18.8. The van der Waals surface area contributed by atoms with Gasteiger partial charge in [-0.25, -0.2) is 9.97 Å². The Balaban J connectivity index is 1.65. The third-order valence-electron chi connectivity index (χ3n) is 4.61. The van der Waals surface area contributed by atoms with Gasteiger partial charge < -0.3 is 5.32 Å². The van der Waals surface area contributed by atoms with E-state index in [2.05, 4.69) is 57.8 Å². The molecule has 2 aromatic rings. The van der Waals surface area contributed by atoms with E-state index in [9.17, 15) is 0 Å². The molecule has 0 radical (unpaired) electrons. The number of hydrogen-bond acceptors (Lipinski definition) is 5. The summed E-state index contributed by atoms with van der Waals surface area (Å²) >= 11 is 0. The molecular weight excluding hydrogens is 324 g/mol. The predicted octanol–water partition coefficient (Wildman–Crippen LogP) is 3.41. The zero-order valence-electron chi connectivity index (χ0n) is 16.6. The molecule has 1 N–H and O–H groups in total. The van der Waals surface area contributed by atoms with Crippen molar-refractivity contribution in [1.82, 2.24) is 24.6 Å². The van der Waals surface area contributed by atoms with E-state index in [0.717, 1.165) is 62.1 Å². The molecule has 3 heterocycles. The van der Waals surface area contributed by atoms with E-state index in [-0.39, 0.29) is 0 Å². The van der Waals surface area contributed by atoms with Gasteiger partial charge in [0.15, 0.2) is 0 Å². The minimum atomic E-state index is 0.698. The number of fused-ring (bicyclic) bond motifs is 1. The highest BCUT2D eigenvalue weighted by atomic mass is 15.3. The molecule has 6 heteroatoms. The van der Waals surface area contributed by atoms with Crippen LogP contribution in [-0.2, 0) is 26.1 Å². The van der Waals surface area contributed by atoms with Crippen molar-refractivity contribution in [3.05, 3.63) is 35.0 Å². The van der Waals surface area contributed by atoms with E-state index in [1.807, 2.05) is 6.92 Å². The largest absolute Gasteiger partial charge is 0.364 e. The summed E-state index contributed by atoms with van der Waals surface area (Å²) in [7, 11) is 0. The molecule has 0 spiro atoms. The van der Waals surface area contributed by atoms with Crippen LogP contribution in [0.3, 0.4) is 0 Å². The lowest BCUT2D eigenvalue weighted by Gasteiger charge is -2.21. The number of hydrogen-bond donors (Lipinski definition) is 1. The number of nitrogens with zero attached hydrogens (tertiary/aromatic N) is 5. The van der Waals surface area contributed by atoms with Crippen molar-refractivity contribution >= 4 is 5.82 Å². The van der Waals surface area contributed by atoms with Gasteiger partial charge in [0.25, 0.3) is 0 Å². The standard InChI is InChI=1S/C20H32N6/c1-5-7-17-11-20(23-16(4)22-17)21-12-18-10-19-14-25(13-15(2)3)8-6-9-26(19)24-18/h10-11,15H,5-9,12-14H2,1-4H3,(H,21,22,23). The molecule has 0 aromatic carbocycles. The van der Waals surface area contributed by atoms with Crippen molar-refractivity contribution in [2.45, 2.75) is 66.6 Å². The van der Waals surface area contributed by atoms with Crippen molar-refractivity contribution in [1.29, 1.82) is 0 Å². The van der Waals surface area contributed by atoms with Crippen LogP contribution in [0, 0.1) is 12.8 Å². The van der Waals surface area contributed by atoms with E-state index in [1.165, 1.54) is 12.1 Å². The van der Waals surface area contributed by atoms with Gasteiger partial charge in [0, 0.05) is 37.9 Å². The van der Waals surface area contributed by atoms with Crippen molar-refractivity contribution in [3.8, 4) is 0 Å². The van der Waals surface area contributed by atoms with Crippen LogP contribution in [0.15, 0.2) is 12.1 Å². The average Bonchev–Trinajstić information content (AvgIpc) is 2.85. The quantitative estimate of drug-likeness (QED) is 0.824. The van der Waals surface area contributed by atoms with Gasteiger partial charge in [-0.1, -0.05) is 27.2 Å². The fourth-order valence-electron chi connectivity index (χ4n) is 3.63. The summed E-state index contributed by atoms with van der Waals surface area (Å²) in [6, 6.07) is 4.30. The molecule has 142 valence electrons. The van der Waals surface area contributed by atoms with Gasteiger partial charge >= 0.3 is 0 Å². The fourth-order valence-corrected chi connectivity index (χ4v) is 3.63. The van der Waals surface area contributed by atoms with E-state index in [4.69, 9.17) is 5.10 Å². The van der Waals surface area contributed by atoms with Crippen molar-refractivity contribution in [2.24, 2.45) is 5.92 Å². The molecule has 0 unspecified atom stereocenters. The number of aromatic nitrogens is 4. The molecule has 1 aliphatic heterocycles. The zero-order valence-corrected chi connectivity index (χ0v) is 16.6. The molecule has 0 saturated carbocycles. The Morgan fingerprint density at radius 3 is 2.77 bits per heavy atom. The van der Waals surface area contributed by atoms with Crippen molar-refractivity contribution in [2.75, 3.05) is 18.4 Å². The minimum Gasteiger partial charge on any atom is -0.364 e. The molecule has 0 saturated heterocycles. The Morgan fingerprint density at radius 1 is 1.15 bits per heavy atom. The first-order valence-corrected chi connectivity index (χ1v) is 9.90. The summed E-state index contributed by atoms with van der Waals surface area (Å²) < 4.78 is 2.19. The van der Waals surface area contributed by atoms with Crippen LogP contribution < -0.4 is 5.32 Å². The highest BCUT2D eigenvalue weighted by Crippen LogP contribution is 2.16. The molecule has 0 bridgehead atoms. The monoisotopic (exact) mass is 356 g/mol. The number of aryl methyl sites for hydroxylation is 3. The van der Waals surface area contributed by atoms with Crippen molar-refractivity contribution in [3.63, 3.8) is 0 Å². The van der Waals surface area contributed by atoms with Gasteiger partial charge in [-0.05, 0) is 31.7 Å². The second-order valence-corrected chi connectivity index (χ2v) is 7.73. The highest BCUT2D eigenvalue weighted by Gasteiger charge is 2.17. The van der Waals surface area contributed by atoms with Gasteiger partial charge in [-0.15, -0.1) is 0 Å². The van der Waals surface area contributed by atoms with Gasteiger partial charge in [0.05, 0.1) is 17.9 Å². The lowest BCUT2D eigenvalue weighted by molar-refractivity contribution is 0.239. The Labute approximate surface area is 157 Å². The molecule has 2 aromatic heterocycles. The topological polar surface area (TPSA) is 58.9 Å². The first-order chi connectivity index (χ1) is 12.5. The van der Waals surface area contributed by atoms with Crippen LogP contribution in [0.1, 0.15) is 56.5 Å². The number of rotatable bonds is 7. The molecule has 1 aliphatic rings. The normalized spacial score (nSPS) is 15.1. The van der Waals surface area contributed by atoms with E-state index in [0.29, 0.717) is 12.5 Å². The van der Waals surface area contributed by atoms with Gasteiger partial charge in [-0.2, -0.15) is 5.10 Å². The Hall–Kier alpha value is -1.95. The Kier molecular flexibility index (Phi) is 6.25. The van der Waals surface area contributed by atoms with E-state index < -0.39 is 0 Å². The highest BCUT2D eigenvalue weighted by molar-refractivity contribution is 5.36. The molecule has 0 amide bonds. The molecule has 0 aliphatic carbocycles. The molecule has 3 rings (SSSR count). The van der Waals surface area contributed by atoms with Crippen LogP contribution in [0.5, 0.6) is 0 Å². The van der Waals surface area contributed by atoms with Crippen LogP contribution in [-0.4, -0.2) is 37.7 Å². The summed E-state index contributed by atoms with van der Waals surface area (Å²) in [4.78, 5) is 11.6. The first-order valence-electron chi connectivity index (χ1n) is 9.90. The summed E-state index contributed by atoms with van der Waals surface area (Å²) in [5.41, 5.74) is 3.51. The van der Waals surface area contributed by atoms with Crippen LogP contribution in [0.2, 0.25) is 0 Å². The zero-order chi connectivity index (χ0) is 18.5. The average molecular weight is 357 g/mol. The second kappa shape index (κ2) is 8.62. The number of nitrogens with one attached hydrogen (secondary N) is 1. The minimum absolute atomic E-state index is 0.698. The predicted molar refractivity (Wildman–Crippen MR) is 105 cm³/mol. The lowest BCUT2D eigenvalue weighted by Crippen LogP contribution is -2.27. The summed E-state index contributed by atoms with van der Waals surface area (Å²) in [6.07, 6.45) is 3.25. The summed E-state index contributed by atoms with van der Waals surface area (Å²) in [5.74, 6) is 2.41. The lowest BCUT2D eigenvalue weighted by atomic mass is 10.2. The van der Waals surface area contributed by atoms with Gasteiger partial charge in [0.2, 0.25) is 0 Å². The summed E-state index contributed by atoms with van der Waals surface area (Å²) in [6.45, 7) is 13.7. The maximum Gasteiger partial charge on any atom is 0.130 e. The maximum atomic E-state index is 4.80. The van der Waals surface area contributed by atoms with E-state index >= 15 is 0 Å². The van der Waals surface area contributed by atoms with Crippen LogP contribution >= 0.6 is 0 Å². The van der Waals surface area contributed by atoms with Crippen LogP contribution in [0.4, 0.5) is 5.82 Å². The molecule has 26 heavy (non-hydrogen) atoms. The molecule has 0 fully saturated rings. The third kappa shape index (κ3) is 5.04. The number of anilines is 1. The maximum absolute atomic E-state index is 4.80. The van der Waals surface area contributed by atoms with Gasteiger partial charge in [0.1, 0.15) is 11.6 Å². The van der Waals surface area contributed by atoms with Crippen molar-refractivity contribution < 1.29 is 0 Å². The smallest absolute Gasteiger partial charge is 0.130 e. The third-order valence-corrected chi connectivity index (χ3v) is 4.61. The fraction of sp³-hybridized carbons (Fsp3) is 0.650. The molecule has 0 atom stereocenters. The molecule has 6 nitrogen and oxygen atoms in total. The SMILES string of the molecule is CCCc1cc(NCc2cc3n(n2)CCCN(CC(C)C)C3)nc(C)n1. The Bertz CT molecular complexity index is 721. The van der Waals surface area contributed by atoms with Gasteiger partial charge in [-0.3, -0.25) is 9.58 Å². The Morgan fingerprint density at radius 2 is 2.00 bits per heavy atom. The van der Waals surface area contributed by atoms with Crippen LogP contribution in [0.25, 0.3) is 0 Å².